The molecule has 0 aromatic heterocycles. The van der Waals surface area contributed by atoms with Crippen LogP contribution < -0.4 is 10.6 Å². The van der Waals surface area contributed by atoms with Crippen LogP contribution in [0.3, 0.4) is 0 Å². The van der Waals surface area contributed by atoms with Gasteiger partial charge in [0.2, 0.25) is 11.8 Å². The molecule has 2 N–H and O–H groups in total. The Morgan fingerprint density at radius 2 is 1.65 bits per heavy atom. The highest BCUT2D eigenvalue weighted by molar-refractivity contribution is 5.86. The van der Waals surface area contributed by atoms with E-state index in [-0.39, 0.29) is 11.8 Å². The second kappa shape index (κ2) is 10.1. The maximum Gasteiger partial charge on any atom is 0.242 e. The van der Waals surface area contributed by atoms with Gasteiger partial charge in [0.15, 0.2) is 0 Å². The standard InChI is InChI=1S/C13H26N2O2/c1-4-5-6-7-8-9-10-14-13(17)11(2)15-12(3)16/h11H,4-10H2,1-3H3,(H,14,17)(H,15,16)/t11-/m0/s1. The van der Waals surface area contributed by atoms with E-state index in [1.807, 2.05) is 0 Å². The Kier molecular flexibility index (Phi) is 9.49. The maximum atomic E-state index is 11.5. The average Bonchev–Trinajstić information content (AvgIpc) is 2.26. The van der Waals surface area contributed by atoms with Gasteiger partial charge in [0.1, 0.15) is 6.04 Å². The number of hydrogen-bond donors (Lipinski definition) is 2. The number of nitrogens with one attached hydrogen (secondary N) is 2. The van der Waals surface area contributed by atoms with Crippen LogP contribution in [-0.2, 0) is 9.59 Å². The molecule has 4 heteroatoms. The van der Waals surface area contributed by atoms with Crippen LogP contribution in [0, 0.1) is 0 Å². The second-order valence-electron chi connectivity index (χ2n) is 4.48. The Labute approximate surface area is 105 Å². The van der Waals surface area contributed by atoms with Crippen LogP contribution >= 0.6 is 0 Å². The van der Waals surface area contributed by atoms with Gasteiger partial charge in [0, 0.05) is 13.5 Å². The minimum atomic E-state index is -0.437. The van der Waals surface area contributed by atoms with Crippen LogP contribution in [0.2, 0.25) is 0 Å². The van der Waals surface area contributed by atoms with Crippen LogP contribution in [-0.4, -0.2) is 24.4 Å². The fourth-order valence-electron chi connectivity index (χ4n) is 1.64. The van der Waals surface area contributed by atoms with E-state index in [1.54, 1.807) is 6.92 Å². The number of carbonyl (C=O) groups is 2. The smallest absolute Gasteiger partial charge is 0.242 e. The van der Waals surface area contributed by atoms with E-state index >= 15 is 0 Å². The number of rotatable bonds is 9. The molecular weight excluding hydrogens is 216 g/mol. The van der Waals surface area contributed by atoms with Gasteiger partial charge in [0.25, 0.3) is 0 Å². The normalized spacial score (nSPS) is 11.9. The molecule has 0 spiro atoms. The Balaban J connectivity index is 3.41. The SMILES string of the molecule is CCCCCCCCNC(=O)[C@H](C)NC(C)=O. The molecule has 0 saturated heterocycles. The molecule has 0 fully saturated rings. The molecule has 100 valence electrons. The summed E-state index contributed by atoms with van der Waals surface area (Å²) < 4.78 is 0. The first-order valence-electron chi connectivity index (χ1n) is 6.62. The monoisotopic (exact) mass is 242 g/mol. The van der Waals surface area contributed by atoms with Crippen LogP contribution in [0.15, 0.2) is 0 Å². The summed E-state index contributed by atoms with van der Waals surface area (Å²) in [4.78, 5) is 22.2. The van der Waals surface area contributed by atoms with Gasteiger partial charge in [-0.2, -0.15) is 0 Å². The van der Waals surface area contributed by atoms with Crippen molar-refractivity contribution in [1.82, 2.24) is 10.6 Å². The van der Waals surface area contributed by atoms with Crippen molar-refractivity contribution < 1.29 is 9.59 Å². The zero-order chi connectivity index (χ0) is 13.1. The maximum absolute atomic E-state index is 11.5. The third-order valence-electron chi connectivity index (χ3n) is 2.64. The van der Waals surface area contributed by atoms with Gasteiger partial charge in [-0.05, 0) is 13.3 Å². The van der Waals surface area contributed by atoms with Crippen molar-refractivity contribution in [3.8, 4) is 0 Å². The fourth-order valence-corrected chi connectivity index (χ4v) is 1.64. The minimum Gasteiger partial charge on any atom is -0.354 e. The molecule has 17 heavy (non-hydrogen) atoms. The Morgan fingerprint density at radius 1 is 1.06 bits per heavy atom. The van der Waals surface area contributed by atoms with Crippen molar-refractivity contribution in [1.29, 1.82) is 0 Å². The van der Waals surface area contributed by atoms with Crippen LogP contribution in [0.4, 0.5) is 0 Å². The van der Waals surface area contributed by atoms with Gasteiger partial charge >= 0.3 is 0 Å². The molecule has 0 aliphatic heterocycles. The van der Waals surface area contributed by atoms with E-state index in [2.05, 4.69) is 17.6 Å². The van der Waals surface area contributed by atoms with Crippen molar-refractivity contribution in [2.24, 2.45) is 0 Å². The van der Waals surface area contributed by atoms with Crippen molar-refractivity contribution in [2.75, 3.05) is 6.54 Å². The summed E-state index contributed by atoms with van der Waals surface area (Å²) in [7, 11) is 0. The lowest BCUT2D eigenvalue weighted by atomic mass is 10.1. The number of carbonyl (C=O) groups excluding carboxylic acids is 2. The fraction of sp³-hybridized carbons (Fsp3) is 0.846. The summed E-state index contributed by atoms with van der Waals surface area (Å²) in [6.45, 7) is 6.01. The molecule has 0 heterocycles. The van der Waals surface area contributed by atoms with Crippen molar-refractivity contribution in [3.05, 3.63) is 0 Å². The molecule has 4 nitrogen and oxygen atoms in total. The van der Waals surface area contributed by atoms with Crippen LogP contribution in [0.25, 0.3) is 0 Å². The van der Waals surface area contributed by atoms with E-state index in [1.165, 1.54) is 32.6 Å². The quantitative estimate of drug-likeness (QED) is 0.607. The van der Waals surface area contributed by atoms with Gasteiger partial charge in [-0.25, -0.2) is 0 Å². The highest BCUT2D eigenvalue weighted by Crippen LogP contribution is 2.03. The first-order chi connectivity index (χ1) is 8.07. The highest BCUT2D eigenvalue weighted by atomic mass is 16.2. The van der Waals surface area contributed by atoms with Crippen molar-refractivity contribution in [2.45, 2.75) is 65.3 Å². The van der Waals surface area contributed by atoms with Gasteiger partial charge < -0.3 is 10.6 Å². The largest absolute Gasteiger partial charge is 0.354 e. The molecule has 0 aromatic carbocycles. The van der Waals surface area contributed by atoms with E-state index in [0.29, 0.717) is 6.54 Å². The molecule has 0 aliphatic carbocycles. The predicted molar refractivity (Wildman–Crippen MR) is 69.7 cm³/mol. The van der Waals surface area contributed by atoms with Gasteiger partial charge in [-0.15, -0.1) is 0 Å². The molecule has 1 atom stereocenters. The number of hydrogen-bond acceptors (Lipinski definition) is 2. The first-order valence-corrected chi connectivity index (χ1v) is 6.62. The van der Waals surface area contributed by atoms with E-state index < -0.39 is 6.04 Å². The third-order valence-corrected chi connectivity index (χ3v) is 2.64. The molecule has 0 rings (SSSR count). The number of amides is 2. The molecule has 0 saturated carbocycles. The molecule has 0 radical (unpaired) electrons. The highest BCUT2D eigenvalue weighted by Gasteiger charge is 2.12. The number of unbranched alkanes of at least 4 members (excludes halogenated alkanes) is 5. The van der Waals surface area contributed by atoms with Gasteiger partial charge in [0.05, 0.1) is 0 Å². The zero-order valence-corrected chi connectivity index (χ0v) is 11.3. The third kappa shape index (κ3) is 9.85. The lowest BCUT2D eigenvalue weighted by Gasteiger charge is -2.12. The Morgan fingerprint density at radius 3 is 2.24 bits per heavy atom. The molecule has 2 amide bonds. The van der Waals surface area contributed by atoms with Gasteiger partial charge in [-0.1, -0.05) is 39.0 Å². The molecule has 0 unspecified atom stereocenters. The average molecular weight is 242 g/mol. The van der Waals surface area contributed by atoms with Crippen LogP contribution in [0.5, 0.6) is 0 Å². The lowest BCUT2D eigenvalue weighted by molar-refractivity contribution is -0.127. The Bertz CT molecular complexity index is 229. The van der Waals surface area contributed by atoms with Gasteiger partial charge in [-0.3, -0.25) is 9.59 Å². The molecular formula is C13H26N2O2. The summed E-state index contributed by atoms with van der Waals surface area (Å²) in [6.07, 6.45) is 7.26. The van der Waals surface area contributed by atoms with E-state index in [0.717, 1.165) is 12.8 Å². The van der Waals surface area contributed by atoms with Crippen LogP contribution in [0.1, 0.15) is 59.3 Å². The first kappa shape index (κ1) is 15.9. The van der Waals surface area contributed by atoms with E-state index in [9.17, 15) is 9.59 Å². The lowest BCUT2D eigenvalue weighted by Crippen LogP contribution is -2.44. The molecule has 0 aliphatic rings. The minimum absolute atomic E-state index is 0.103. The summed E-state index contributed by atoms with van der Waals surface area (Å²) >= 11 is 0. The summed E-state index contributed by atoms with van der Waals surface area (Å²) in [5.74, 6) is -0.277. The van der Waals surface area contributed by atoms with E-state index in [4.69, 9.17) is 0 Å². The predicted octanol–water partition coefficient (Wildman–Crippen LogP) is 1.99. The summed E-state index contributed by atoms with van der Waals surface area (Å²) in [5, 5.41) is 5.39. The molecule has 0 aromatic rings. The zero-order valence-electron chi connectivity index (χ0n) is 11.3. The summed E-state index contributed by atoms with van der Waals surface area (Å²) in [6, 6.07) is -0.437. The second-order valence-corrected chi connectivity index (χ2v) is 4.48. The van der Waals surface area contributed by atoms with Crippen molar-refractivity contribution >= 4 is 11.8 Å². The molecule has 0 bridgehead atoms. The van der Waals surface area contributed by atoms with Crippen molar-refractivity contribution in [3.63, 3.8) is 0 Å². The topological polar surface area (TPSA) is 58.2 Å². The summed E-state index contributed by atoms with van der Waals surface area (Å²) in [5.41, 5.74) is 0. The Hall–Kier alpha value is -1.06.